The summed E-state index contributed by atoms with van der Waals surface area (Å²) in [5.41, 5.74) is 2.58. The first-order valence-corrected chi connectivity index (χ1v) is 14.3. The lowest BCUT2D eigenvalue weighted by Gasteiger charge is -2.38. The Labute approximate surface area is 225 Å². The smallest absolute Gasteiger partial charge is 0.241 e. The van der Waals surface area contributed by atoms with E-state index in [9.17, 15) is 13.2 Å². The van der Waals surface area contributed by atoms with Crippen LogP contribution in [0.25, 0.3) is 0 Å². The van der Waals surface area contributed by atoms with Gasteiger partial charge in [-0.15, -0.1) is 0 Å². The molecule has 1 aliphatic heterocycles. The number of methoxy groups -OCH3 is 1. The summed E-state index contributed by atoms with van der Waals surface area (Å²) >= 11 is 0. The number of benzene rings is 3. The van der Waals surface area contributed by atoms with Crippen molar-refractivity contribution < 1.29 is 22.7 Å². The van der Waals surface area contributed by atoms with E-state index < -0.39 is 16.1 Å². The third-order valence-electron chi connectivity index (χ3n) is 6.65. The molecule has 1 atom stereocenters. The number of nitrogens with zero attached hydrogens (tertiary/aromatic N) is 2. The van der Waals surface area contributed by atoms with Crippen LogP contribution in [0.1, 0.15) is 18.1 Å². The second-order valence-corrected chi connectivity index (χ2v) is 10.9. The van der Waals surface area contributed by atoms with Crippen LogP contribution in [-0.2, 0) is 21.2 Å². The van der Waals surface area contributed by atoms with E-state index in [4.69, 9.17) is 9.47 Å². The van der Waals surface area contributed by atoms with Crippen molar-refractivity contribution in [1.82, 2.24) is 9.62 Å². The second-order valence-electron chi connectivity index (χ2n) is 9.21. The summed E-state index contributed by atoms with van der Waals surface area (Å²) in [6, 6.07) is 21.1. The fourth-order valence-corrected chi connectivity index (χ4v) is 5.94. The van der Waals surface area contributed by atoms with E-state index in [-0.39, 0.29) is 17.2 Å². The zero-order valence-electron chi connectivity index (χ0n) is 22.1. The second kappa shape index (κ2) is 12.3. The van der Waals surface area contributed by atoms with Gasteiger partial charge in [0.05, 0.1) is 24.3 Å². The van der Waals surface area contributed by atoms with Gasteiger partial charge < -0.3 is 19.3 Å². The molecule has 8 nitrogen and oxygen atoms in total. The highest BCUT2D eigenvalue weighted by Crippen LogP contribution is 2.28. The number of anilines is 1. The van der Waals surface area contributed by atoms with Gasteiger partial charge in [0.25, 0.3) is 0 Å². The van der Waals surface area contributed by atoms with Crippen LogP contribution in [0.4, 0.5) is 5.69 Å². The summed E-state index contributed by atoms with van der Waals surface area (Å²) in [7, 11) is -2.32. The van der Waals surface area contributed by atoms with Crippen LogP contribution in [0, 0.1) is 6.92 Å². The van der Waals surface area contributed by atoms with Gasteiger partial charge in [0.2, 0.25) is 15.9 Å². The van der Waals surface area contributed by atoms with Crippen molar-refractivity contribution in [3.05, 3.63) is 83.9 Å². The van der Waals surface area contributed by atoms with Crippen molar-refractivity contribution >= 4 is 21.6 Å². The number of aryl methyl sites for hydroxylation is 1. The molecule has 0 unspecified atom stereocenters. The van der Waals surface area contributed by atoms with Crippen molar-refractivity contribution in [2.75, 3.05) is 44.8 Å². The van der Waals surface area contributed by atoms with Crippen LogP contribution >= 0.6 is 0 Å². The Kier molecular flexibility index (Phi) is 8.91. The Morgan fingerprint density at radius 2 is 1.63 bits per heavy atom. The molecule has 1 saturated heterocycles. The number of rotatable bonds is 10. The van der Waals surface area contributed by atoms with Crippen molar-refractivity contribution in [1.29, 1.82) is 0 Å². The number of carbonyl (C=O) groups is 1. The number of ether oxygens (including phenoxy) is 2. The zero-order valence-corrected chi connectivity index (χ0v) is 22.9. The molecule has 0 bridgehead atoms. The van der Waals surface area contributed by atoms with Gasteiger partial charge in [0, 0.05) is 26.2 Å². The first-order chi connectivity index (χ1) is 18.3. The monoisotopic (exact) mass is 537 g/mol. The van der Waals surface area contributed by atoms with E-state index in [1.165, 1.54) is 6.07 Å². The molecular weight excluding hydrogens is 502 g/mol. The van der Waals surface area contributed by atoms with Crippen LogP contribution in [0.15, 0.2) is 77.7 Å². The Balaban J connectivity index is 1.52. The third-order valence-corrected chi connectivity index (χ3v) is 8.12. The highest BCUT2D eigenvalue weighted by Gasteiger charge is 2.32. The van der Waals surface area contributed by atoms with Gasteiger partial charge in [-0.05, 0) is 61.7 Å². The SMILES string of the molecule is CCOc1ccc(S(=O)(=O)N[C@H](Cc2ccccc2)C(=O)N2CCN(c3ccccc3OC)CC2)cc1C. The molecule has 0 aromatic heterocycles. The van der Waals surface area contributed by atoms with E-state index >= 15 is 0 Å². The van der Waals surface area contributed by atoms with Crippen molar-refractivity contribution in [3.8, 4) is 11.5 Å². The Hall–Kier alpha value is -3.56. The molecule has 0 aliphatic carbocycles. The molecule has 202 valence electrons. The van der Waals surface area contributed by atoms with E-state index in [1.54, 1.807) is 31.1 Å². The van der Waals surface area contributed by atoms with Crippen LogP contribution in [-0.4, -0.2) is 65.2 Å². The molecular formula is C29H35N3O5S. The lowest BCUT2D eigenvalue weighted by molar-refractivity contribution is -0.133. The molecule has 1 N–H and O–H groups in total. The molecule has 0 saturated carbocycles. The normalized spacial score (nSPS) is 14.7. The van der Waals surface area contributed by atoms with Gasteiger partial charge in [0.15, 0.2) is 0 Å². The maximum atomic E-state index is 13.7. The number of sulfonamides is 1. The summed E-state index contributed by atoms with van der Waals surface area (Å²) < 4.78 is 40.6. The van der Waals surface area contributed by atoms with E-state index in [0.717, 1.165) is 17.0 Å². The quantitative estimate of drug-likeness (QED) is 0.425. The maximum absolute atomic E-state index is 13.7. The average Bonchev–Trinajstić information content (AvgIpc) is 2.94. The van der Waals surface area contributed by atoms with Crippen LogP contribution in [0.3, 0.4) is 0 Å². The van der Waals surface area contributed by atoms with Crippen molar-refractivity contribution in [3.63, 3.8) is 0 Å². The van der Waals surface area contributed by atoms with E-state index in [2.05, 4.69) is 9.62 Å². The predicted octanol–water partition coefficient (Wildman–Crippen LogP) is 3.64. The number of nitrogens with one attached hydrogen (secondary N) is 1. The minimum atomic E-state index is -3.96. The molecule has 1 fully saturated rings. The maximum Gasteiger partial charge on any atom is 0.241 e. The summed E-state index contributed by atoms with van der Waals surface area (Å²) in [4.78, 5) is 17.7. The standard InChI is InChI=1S/C29H35N3O5S/c1-4-37-27-15-14-24(20-22(27)2)38(34,35)30-25(21-23-10-6-5-7-11-23)29(33)32-18-16-31(17-19-32)26-12-8-9-13-28(26)36-3/h5-15,20,25,30H,4,16-19,21H2,1-3H3/t25-/m1/s1. The molecule has 0 radical (unpaired) electrons. The molecule has 1 heterocycles. The molecule has 9 heteroatoms. The molecule has 1 amide bonds. The van der Waals surface area contributed by atoms with Crippen LogP contribution in [0.5, 0.6) is 11.5 Å². The molecule has 0 spiro atoms. The number of hydrogen-bond acceptors (Lipinski definition) is 6. The van der Waals surface area contributed by atoms with E-state index in [1.807, 2.05) is 61.5 Å². The van der Waals surface area contributed by atoms with Crippen LogP contribution in [0.2, 0.25) is 0 Å². The highest BCUT2D eigenvalue weighted by molar-refractivity contribution is 7.89. The Bertz CT molecular complexity index is 1340. The van der Waals surface area contributed by atoms with Gasteiger partial charge in [-0.1, -0.05) is 42.5 Å². The van der Waals surface area contributed by atoms with Gasteiger partial charge >= 0.3 is 0 Å². The van der Waals surface area contributed by atoms with Gasteiger partial charge in [-0.25, -0.2) is 8.42 Å². The summed E-state index contributed by atoms with van der Waals surface area (Å²) in [6.07, 6.45) is 0.252. The van der Waals surface area contributed by atoms with E-state index in [0.29, 0.717) is 44.1 Å². The highest BCUT2D eigenvalue weighted by atomic mass is 32.2. The first-order valence-electron chi connectivity index (χ1n) is 12.8. The minimum absolute atomic E-state index is 0.102. The molecule has 3 aromatic rings. The third kappa shape index (κ3) is 6.46. The molecule has 38 heavy (non-hydrogen) atoms. The van der Waals surface area contributed by atoms with Gasteiger partial charge in [-0.3, -0.25) is 4.79 Å². The summed E-state index contributed by atoms with van der Waals surface area (Å²) in [5, 5.41) is 0. The predicted molar refractivity (Wildman–Crippen MR) is 148 cm³/mol. The fraction of sp³-hybridized carbons (Fsp3) is 0.345. The lowest BCUT2D eigenvalue weighted by atomic mass is 10.1. The first kappa shape index (κ1) is 27.5. The minimum Gasteiger partial charge on any atom is -0.495 e. The zero-order chi connectivity index (χ0) is 27.1. The number of amides is 1. The number of hydrogen-bond donors (Lipinski definition) is 1. The topological polar surface area (TPSA) is 88.2 Å². The number of para-hydroxylation sites is 2. The van der Waals surface area contributed by atoms with Crippen molar-refractivity contribution in [2.45, 2.75) is 31.2 Å². The molecule has 3 aromatic carbocycles. The van der Waals surface area contributed by atoms with Gasteiger partial charge in [0.1, 0.15) is 17.5 Å². The Morgan fingerprint density at radius 1 is 0.947 bits per heavy atom. The largest absolute Gasteiger partial charge is 0.495 e. The number of carbonyl (C=O) groups excluding carboxylic acids is 1. The Morgan fingerprint density at radius 3 is 2.29 bits per heavy atom. The summed E-state index contributed by atoms with van der Waals surface area (Å²) in [6.45, 7) is 6.37. The number of piperazine rings is 1. The molecule has 4 rings (SSSR count). The summed E-state index contributed by atoms with van der Waals surface area (Å²) in [5.74, 6) is 1.18. The fourth-order valence-electron chi connectivity index (χ4n) is 4.67. The average molecular weight is 538 g/mol. The lowest BCUT2D eigenvalue weighted by Crippen LogP contribution is -2.55. The van der Waals surface area contributed by atoms with Crippen LogP contribution < -0.4 is 19.1 Å². The molecule has 1 aliphatic rings. The van der Waals surface area contributed by atoms with Crippen molar-refractivity contribution in [2.24, 2.45) is 0 Å². The van der Waals surface area contributed by atoms with Gasteiger partial charge in [-0.2, -0.15) is 4.72 Å².